The summed E-state index contributed by atoms with van der Waals surface area (Å²) < 4.78 is 0.970. The Balaban J connectivity index is 2.51. The predicted molar refractivity (Wildman–Crippen MR) is 76.7 cm³/mol. The molecule has 0 saturated carbocycles. The molecular weight excluding hydrogens is 312 g/mol. The highest BCUT2D eigenvalue weighted by molar-refractivity contribution is 9.10. The summed E-state index contributed by atoms with van der Waals surface area (Å²) in [6, 6.07) is 13.2. The number of benzene rings is 1. The number of halogens is 2. The zero-order valence-corrected chi connectivity index (χ0v) is 11.6. The van der Waals surface area contributed by atoms with E-state index in [2.05, 4.69) is 27.0 Å². The molecule has 1 heterocycles. The molecule has 4 heteroatoms. The molecule has 0 radical (unpaired) electrons. The van der Waals surface area contributed by atoms with Crippen molar-refractivity contribution in [3.05, 3.63) is 64.4 Å². The first-order valence-corrected chi connectivity index (χ1v) is 6.35. The molecule has 0 aliphatic heterocycles. The van der Waals surface area contributed by atoms with Gasteiger partial charge in [-0.1, -0.05) is 39.7 Å². The van der Waals surface area contributed by atoms with Crippen LogP contribution in [0.1, 0.15) is 11.1 Å². The van der Waals surface area contributed by atoms with Crippen molar-refractivity contribution in [2.45, 2.75) is 0 Å². The van der Waals surface area contributed by atoms with Crippen molar-refractivity contribution in [1.82, 2.24) is 4.98 Å². The summed E-state index contributed by atoms with van der Waals surface area (Å²) in [7, 11) is 0. The lowest BCUT2D eigenvalue weighted by molar-refractivity contribution is 1.32. The zero-order valence-electron chi connectivity index (χ0n) is 9.27. The molecule has 0 N–H and O–H groups in total. The molecule has 18 heavy (non-hydrogen) atoms. The van der Waals surface area contributed by atoms with Gasteiger partial charge in [-0.25, -0.2) is 0 Å². The number of hydrogen-bond donors (Lipinski definition) is 0. The van der Waals surface area contributed by atoms with Crippen molar-refractivity contribution < 1.29 is 0 Å². The van der Waals surface area contributed by atoms with Gasteiger partial charge in [-0.3, -0.25) is 4.98 Å². The maximum atomic E-state index is 9.24. The monoisotopic (exact) mass is 318 g/mol. The van der Waals surface area contributed by atoms with Crippen LogP contribution in [0.5, 0.6) is 0 Å². The Kier molecular flexibility index (Phi) is 4.14. The summed E-state index contributed by atoms with van der Waals surface area (Å²) in [6.45, 7) is 0. The molecule has 0 amide bonds. The molecule has 0 atom stereocenters. The summed E-state index contributed by atoms with van der Waals surface area (Å²) in [5.74, 6) is 0. The first kappa shape index (κ1) is 12.8. The number of nitrogens with zero attached hydrogens (tertiary/aromatic N) is 2. The average molecular weight is 320 g/mol. The average Bonchev–Trinajstić information content (AvgIpc) is 2.41. The van der Waals surface area contributed by atoms with E-state index in [4.69, 9.17) is 11.6 Å². The Bertz CT molecular complexity index is 612. The molecule has 2 nitrogen and oxygen atoms in total. The number of hydrogen-bond acceptors (Lipinski definition) is 2. The van der Waals surface area contributed by atoms with E-state index < -0.39 is 0 Å². The van der Waals surface area contributed by atoms with Crippen LogP contribution in [-0.4, -0.2) is 4.98 Å². The maximum absolute atomic E-state index is 9.24. The number of rotatable bonds is 2. The standard InChI is InChI=1S/C14H8BrClN2/c15-12-3-1-11(2-4-12)14(16)13(9-17)10-5-7-18-8-6-10/h1-8H/b14-13-. The number of nitriles is 1. The Morgan fingerprint density at radius 1 is 1.06 bits per heavy atom. The van der Waals surface area contributed by atoms with E-state index >= 15 is 0 Å². The van der Waals surface area contributed by atoms with E-state index in [1.807, 2.05) is 24.3 Å². The first-order chi connectivity index (χ1) is 8.72. The van der Waals surface area contributed by atoms with Crippen molar-refractivity contribution in [3.63, 3.8) is 0 Å². The second-order valence-electron chi connectivity index (χ2n) is 3.54. The zero-order chi connectivity index (χ0) is 13.0. The normalized spacial score (nSPS) is 11.6. The quantitative estimate of drug-likeness (QED) is 0.766. The van der Waals surface area contributed by atoms with Crippen molar-refractivity contribution in [3.8, 4) is 6.07 Å². The molecule has 2 rings (SSSR count). The third kappa shape index (κ3) is 2.79. The molecule has 0 fully saturated rings. The lowest BCUT2D eigenvalue weighted by atomic mass is 10.1. The van der Waals surface area contributed by atoms with Crippen molar-refractivity contribution in [2.24, 2.45) is 0 Å². The minimum Gasteiger partial charge on any atom is -0.265 e. The van der Waals surface area contributed by atoms with Crippen molar-refractivity contribution in [2.75, 3.05) is 0 Å². The van der Waals surface area contributed by atoms with Crippen molar-refractivity contribution >= 4 is 38.1 Å². The van der Waals surface area contributed by atoms with Crippen LogP contribution < -0.4 is 0 Å². The van der Waals surface area contributed by atoms with Crippen LogP contribution in [-0.2, 0) is 0 Å². The van der Waals surface area contributed by atoms with Crippen LogP contribution in [0.4, 0.5) is 0 Å². The van der Waals surface area contributed by atoms with E-state index in [0.29, 0.717) is 10.6 Å². The van der Waals surface area contributed by atoms with Gasteiger partial charge in [-0.15, -0.1) is 0 Å². The third-order valence-corrected chi connectivity index (χ3v) is 3.33. The largest absolute Gasteiger partial charge is 0.265 e. The Morgan fingerprint density at radius 2 is 1.67 bits per heavy atom. The number of pyridine rings is 1. The van der Waals surface area contributed by atoms with E-state index in [1.54, 1.807) is 24.5 Å². The SMILES string of the molecule is N#C/C(=C(/Cl)c1ccc(Br)cc1)c1ccncc1. The highest BCUT2D eigenvalue weighted by atomic mass is 79.9. The van der Waals surface area contributed by atoms with Gasteiger partial charge in [0.15, 0.2) is 0 Å². The smallest absolute Gasteiger partial charge is 0.101 e. The van der Waals surface area contributed by atoms with Crippen LogP contribution in [0, 0.1) is 11.3 Å². The topological polar surface area (TPSA) is 36.7 Å². The molecule has 0 aliphatic carbocycles. The molecule has 0 spiro atoms. The summed E-state index contributed by atoms with van der Waals surface area (Å²) in [4.78, 5) is 3.92. The number of allylic oxidation sites excluding steroid dienone is 1. The van der Waals surface area contributed by atoms with Crippen LogP contribution in [0.15, 0.2) is 53.3 Å². The summed E-state index contributed by atoms with van der Waals surface area (Å²) in [6.07, 6.45) is 3.27. The second kappa shape index (κ2) is 5.81. The van der Waals surface area contributed by atoms with Crippen LogP contribution >= 0.6 is 27.5 Å². The van der Waals surface area contributed by atoms with Crippen LogP contribution in [0.25, 0.3) is 10.6 Å². The minimum absolute atomic E-state index is 0.441. The van der Waals surface area contributed by atoms with Gasteiger partial charge in [0, 0.05) is 16.9 Å². The molecule has 0 unspecified atom stereocenters. The van der Waals surface area contributed by atoms with Crippen molar-refractivity contribution in [1.29, 1.82) is 5.26 Å². The highest BCUT2D eigenvalue weighted by Crippen LogP contribution is 2.29. The summed E-state index contributed by atoms with van der Waals surface area (Å²) in [5.41, 5.74) is 2.02. The molecule has 1 aromatic carbocycles. The molecule has 0 bridgehead atoms. The number of aromatic nitrogens is 1. The molecule has 88 valence electrons. The molecule has 1 aromatic heterocycles. The van der Waals surface area contributed by atoms with Gasteiger partial charge in [-0.2, -0.15) is 5.26 Å². The highest BCUT2D eigenvalue weighted by Gasteiger charge is 2.09. The van der Waals surface area contributed by atoms with Gasteiger partial charge in [0.05, 0.1) is 10.6 Å². The van der Waals surface area contributed by atoms with E-state index in [1.165, 1.54) is 0 Å². The minimum atomic E-state index is 0.441. The second-order valence-corrected chi connectivity index (χ2v) is 4.84. The third-order valence-electron chi connectivity index (χ3n) is 2.40. The van der Waals surface area contributed by atoms with Gasteiger partial charge in [0.1, 0.15) is 6.07 Å². The first-order valence-electron chi connectivity index (χ1n) is 5.18. The lowest BCUT2D eigenvalue weighted by Gasteiger charge is -2.04. The van der Waals surface area contributed by atoms with E-state index in [-0.39, 0.29) is 0 Å². The fraction of sp³-hybridized carbons (Fsp3) is 0. The van der Waals surface area contributed by atoms with Gasteiger partial charge in [-0.05, 0) is 35.4 Å². The molecule has 0 saturated heterocycles. The Labute approximate surface area is 119 Å². The predicted octanol–water partition coefficient (Wildman–Crippen LogP) is 4.47. The molecule has 0 aliphatic rings. The van der Waals surface area contributed by atoms with Crippen LogP contribution in [0.2, 0.25) is 0 Å². The van der Waals surface area contributed by atoms with E-state index in [9.17, 15) is 5.26 Å². The van der Waals surface area contributed by atoms with Gasteiger partial charge in [0.2, 0.25) is 0 Å². The summed E-state index contributed by atoms with van der Waals surface area (Å²) >= 11 is 9.64. The Morgan fingerprint density at radius 3 is 2.22 bits per heavy atom. The van der Waals surface area contributed by atoms with Gasteiger partial charge >= 0.3 is 0 Å². The fourth-order valence-corrected chi connectivity index (χ4v) is 2.04. The maximum Gasteiger partial charge on any atom is 0.101 e. The molecular formula is C14H8BrClN2. The Hall–Kier alpha value is -1.63. The molecule has 2 aromatic rings. The summed E-state index contributed by atoms with van der Waals surface area (Å²) in [5, 5.41) is 9.68. The van der Waals surface area contributed by atoms with Gasteiger partial charge in [0.25, 0.3) is 0 Å². The lowest BCUT2D eigenvalue weighted by Crippen LogP contribution is -1.86. The van der Waals surface area contributed by atoms with Crippen LogP contribution in [0.3, 0.4) is 0 Å². The van der Waals surface area contributed by atoms with Gasteiger partial charge < -0.3 is 0 Å². The fourth-order valence-electron chi connectivity index (χ4n) is 1.50. The van der Waals surface area contributed by atoms with E-state index in [0.717, 1.165) is 15.6 Å².